The number of phenolic OH excluding ortho intramolecular Hbond substituents is 1. The van der Waals surface area contributed by atoms with Crippen LogP contribution in [0, 0.1) is 0 Å². The van der Waals surface area contributed by atoms with Crippen LogP contribution in [0.3, 0.4) is 0 Å². The Labute approximate surface area is 113 Å². The molecule has 0 unspecified atom stereocenters. The molecule has 0 aromatic heterocycles. The van der Waals surface area contributed by atoms with Crippen molar-refractivity contribution >= 4 is 5.69 Å². The predicted molar refractivity (Wildman–Crippen MR) is 68.6 cm³/mol. The molecule has 0 heterocycles. The van der Waals surface area contributed by atoms with Crippen molar-refractivity contribution in [3.05, 3.63) is 54.1 Å². The van der Waals surface area contributed by atoms with Gasteiger partial charge in [-0.3, -0.25) is 0 Å². The molecule has 0 fully saturated rings. The van der Waals surface area contributed by atoms with Crippen molar-refractivity contribution in [3.8, 4) is 11.5 Å². The lowest BCUT2D eigenvalue weighted by Crippen LogP contribution is -2.18. The Morgan fingerprint density at radius 1 is 1.05 bits per heavy atom. The molecule has 0 aliphatic carbocycles. The molecule has 0 amide bonds. The molecule has 106 valence electrons. The van der Waals surface area contributed by atoms with Gasteiger partial charge >= 0.3 is 6.36 Å². The van der Waals surface area contributed by atoms with Crippen LogP contribution in [0.2, 0.25) is 0 Å². The molecule has 2 N–H and O–H groups in total. The second-order valence-corrected chi connectivity index (χ2v) is 4.06. The molecule has 3 nitrogen and oxygen atoms in total. The molecular weight excluding hydrogens is 271 g/mol. The first-order valence-corrected chi connectivity index (χ1v) is 5.80. The van der Waals surface area contributed by atoms with Gasteiger partial charge in [-0.25, -0.2) is 0 Å². The van der Waals surface area contributed by atoms with E-state index in [9.17, 15) is 18.3 Å². The lowest BCUT2D eigenvalue weighted by Gasteiger charge is -2.14. The van der Waals surface area contributed by atoms with Gasteiger partial charge in [0, 0.05) is 23.9 Å². The summed E-state index contributed by atoms with van der Waals surface area (Å²) in [5, 5.41) is 12.2. The minimum absolute atomic E-state index is 0.0785. The number of para-hydroxylation sites is 1. The van der Waals surface area contributed by atoms with Crippen molar-refractivity contribution in [1.82, 2.24) is 0 Å². The third kappa shape index (κ3) is 4.08. The number of nitrogens with one attached hydrogen (secondary N) is 1. The fraction of sp³-hybridized carbons (Fsp3) is 0.143. The molecule has 0 spiro atoms. The van der Waals surface area contributed by atoms with Crippen molar-refractivity contribution in [2.75, 3.05) is 5.32 Å². The van der Waals surface area contributed by atoms with E-state index in [0.29, 0.717) is 11.3 Å². The fourth-order valence-corrected chi connectivity index (χ4v) is 1.69. The summed E-state index contributed by atoms with van der Waals surface area (Å²) in [5.74, 6) is -0.164. The van der Waals surface area contributed by atoms with E-state index in [0.717, 1.165) is 0 Å². The number of ether oxygens (including phenoxy) is 1. The van der Waals surface area contributed by atoms with Crippen LogP contribution in [0.5, 0.6) is 11.5 Å². The smallest absolute Gasteiger partial charge is 0.508 e. The predicted octanol–water partition coefficient (Wildman–Crippen LogP) is 3.90. The molecule has 0 aliphatic heterocycles. The van der Waals surface area contributed by atoms with Crippen LogP contribution in [0.25, 0.3) is 0 Å². The van der Waals surface area contributed by atoms with E-state index in [1.165, 1.54) is 30.3 Å². The highest BCUT2D eigenvalue weighted by atomic mass is 19.4. The Bertz CT molecular complexity index is 585. The van der Waals surface area contributed by atoms with E-state index in [1.54, 1.807) is 18.2 Å². The van der Waals surface area contributed by atoms with E-state index in [1.807, 2.05) is 0 Å². The number of alkyl halides is 3. The Morgan fingerprint density at radius 2 is 1.80 bits per heavy atom. The van der Waals surface area contributed by atoms with Crippen molar-refractivity contribution in [1.29, 1.82) is 0 Å². The van der Waals surface area contributed by atoms with Gasteiger partial charge in [-0.2, -0.15) is 0 Å². The number of aromatic hydroxyl groups is 1. The van der Waals surface area contributed by atoms with Gasteiger partial charge in [0.25, 0.3) is 0 Å². The average molecular weight is 283 g/mol. The average Bonchev–Trinajstić information content (AvgIpc) is 2.36. The summed E-state index contributed by atoms with van der Waals surface area (Å²) < 4.78 is 40.7. The number of halogens is 3. The molecule has 0 aliphatic rings. The first-order valence-electron chi connectivity index (χ1n) is 5.80. The maximum atomic E-state index is 12.3. The Morgan fingerprint density at radius 3 is 2.50 bits per heavy atom. The van der Waals surface area contributed by atoms with Crippen molar-refractivity contribution in [2.24, 2.45) is 0 Å². The lowest BCUT2D eigenvalue weighted by molar-refractivity contribution is -0.274. The van der Waals surface area contributed by atoms with Gasteiger partial charge in [-0.05, 0) is 18.2 Å². The molecular formula is C14H12F3NO2. The first-order chi connectivity index (χ1) is 9.44. The van der Waals surface area contributed by atoms with Crippen LogP contribution in [-0.4, -0.2) is 11.5 Å². The number of phenols is 1. The standard InChI is InChI=1S/C14H12F3NO2/c15-14(16,17)20-13-7-2-1-4-10(13)9-18-11-5-3-6-12(19)8-11/h1-8,18-19H,9H2. The van der Waals surface area contributed by atoms with E-state index in [4.69, 9.17) is 0 Å². The second-order valence-electron chi connectivity index (χ2n) is 4.06. The summed E-state index contributed by atoms with van der Waals surface area (Å²) in [6.07, 6.45) is -4.72. The summed E-state index contributed by atoms with van der Waals surface area (Å²) in [7, 11) is 0. The summed E-state index contributed by atoms with van der Waals surface area (Å²) in [6, 6.07) is 12.2. The molecule has 2 aromatic carbocycles. The van der Waals surface area contributed by atoms with Crippen molar-refractivity contribution in [3.63, 3.8) is 0 Å². The first kappa shape index (κ1) is 14.0. The minimum Gasteiger partial charge on any atom is -0.508 e. The normalized spacial score (nSPS) is 11.2. The van der Waals surface area contributed by atoms with E-state index in [-0.39, 0.29) is 18.0 Å². The molecule has 2 aromatic rings. The largest absolute Gasteiger partial charge is 0.573 e. The quantitative estimate of drug-likeness (QED) is 0.894. The van der Waals surface area contributed by atoms with Crippen LogP contribution in [-0.2, 0) is 6.54 Å². The van der Waals surface area contributed by atoms with Crippen molar-refractivity contribution < 1.29 is 23.0 Å². The second kappa shape index (κ2) is 5.73. The van der Waals surface area contributed by atoms with Crippen LogP contribution in [0.15, 0.2) is 48.5 Å². The molecule has 0 saturated carbocycles. The van der Waals surface area contributed by atoms with Gasteiger partial charge in [0.1, 0.15) is 11.5 Å². The molecule has 2 rings (SSSR count). The van der Waals surface area contributed by atoms with Gasteiger partial charge < -0.3 is 15.2 Å². The SMILES string of the molecule is Oc1cccc(NCc2ccccc2OC(F)(F)F)c1. The third-order valence-corrected chi connectivity index (χ3v) is 2.53. The Kier molecular flexibility index (Phi) is 4.02. The highest BCUT2D eigenvalue weighted by molar-refractivity contribution is 5.49. The summed E-state index contributed by atoms with van der Waals surface area (Å²) in [5.41, 5.74) is 0.972. The Balaban J connectivity index is 2.09. The van der Waals surface area contributed by atoms with Crippen LogP contribution < -0.4 is 10.1 Å². The van der Waals surface area contributed by atoms with Gasteiger partial charge in [0.05, 0.1) is 0 Å². The maximum absolute atomic E-state index is 12.3. The van der Waals surface area contributed by atoms with Crippen LogP contribution >= 0.6 is 0 Å². The van der Waals surface area contributed by atoms with Gasteiger partial charge in [-0.1, -0.05) is 24.3 Å². The maximum Gasteiger partial charge on any atom is 0.573 e. The Hall–Kier alpha value is -2.37. The highest BCUT2D eigenvalue weighted by Gasteiger charge is 2.31. The fourth-order valence-electron chi connectivity index (χ4n) is 1.69. The number of anilines is 1. The third-order valence-electron chi connectivity index (χ3n) is 2.53. The summed E-state index contributed by atoms with van der Waals surface area (Å²) in [6.45, 7) is 0.149. The molecule has 20 heavy (non-hydrogen) atoms. The molecule has 0 atom stereocenters. The highest BCUT2D eigenvalue weighted by Crippen LogP contribution is 2.27. The minimum atomic E-state index is -4.72. The summed E-state index contributed by atoms with van der Waals surface area (Å²) >= 11 is 0. The number of benzene rings is 2. The van der Waals surface area contributed by atoms with E-state index >= 15 is 0 Å². The van der Waals surface area contributed by atoms with Crippen molar-refractivity contribution in [2.45, 2.75) is 12.9 Å². The van der Waals surface area contributed by atoms with Gasteiger partial charge in [0.2, 0.25) is 0 Å². The number of rotatable bonds is 4. The topological polar surface area (TPSA) is 41.5 Å². The molecule has 0 saturated heterocycles. The van der Waals surface area contributed by atoms with E-state index in [2.05, 4.69) is 10.1 Å². The van der Waals surface area contributed by atoms with Crippen LogP contribution in [0.4, 0.5) is 18.9 Å². The van der Waals surface area contributed by atoms with Gasteiger partial charge in [0.15, 0.2) is 0 Å². The number of hydrogen-bond acceptors (Lipinski definition) is 3. The van der Waals surface area contributed by atoms with Gasteiger partial charge in [-0.15, -0.1) is 13.2 Å². The summed E-state index contributed by atoms with van der Waals surface area (Å²) in [4.78, 5) is 0. The lowest BCUT2D eigenvalue weighted by atomic mass is 10.2. The van der Waals surface area contributed by atoms with Crippen LogP contribution in [0.1, 0.15) is 5.56 Å². The zero-order valence-corrected chi connectivity index (χ0v) is 10.3. The molecule has 0 bridgehead atoms. The monoisotopic (exact) mass is 283 g/mol. The zero-order chi connectivity index (χ0) is 14.6. The number of hydrogen-bond donors (Lipinski definition) is 2. The van der Waals surface area contributed by atoms with E-state index < -0.39 is 6.36 Å². The zero-order valence-electron chi connectivity index (χ0n) is 10.3. The molecule has 6 heteroatoms. The molecule has 0 radical (unpaired) electrons.